The van der Waals surface area contributed by atoms with Crippen molar-refractivity contribution in [2.24, 2.45) is 5.41 Å². The summed E-state index contributed by atoms with van der Waals surface area (Å²) in [6.07, 6.45) is 1.96. The van der Waals surface area contributed by atoms with Crippen molar-refractivity contribution in [2.45, 2.75) is 12.3 Å². The molecule has 0 spiro atoms. The van der Waals surface area contributed by atoms with Gasteiger partial charge in [0.05, 0.1) is 17.5 Å². The van der Waals surface area contributed by atoms with Crippen LogP contribution in [0.4, 0.5) is 0 Å². The molecule has 1 fully saturated rings. The normalized spacial score (nSPS) is 41.9. The van der Waals surface area contributed by atoms with Gasteiger partial charge in [0.15, 0.2) is 0 Å². The molecule has 11 heavy (non-hydrogen) atoms. The van der Waals surface area contributed by atoms with Crippen molar-refractivity contribution >= 4 is 17.7 Å². The average Bonchev–Trinajstić information content (AvgIpc) is 2.34. The summed E-state index contributed by atoms with van der Waals surface area (Å²) >= 11 is 1.68. The molecule has 0 saturated carbocycles. The number of carbonyl (C=O) groups is 1. The number of nitrogens with one attached hydrogen (secondary N) is 2. The van der Waals surface area contributed by atoms with Gasteiger partial charge < -0.3 is 5.32 Å². The van der Waals surface area contributed by atoms with Crippen LogP contribution in [0.2, 0.25) is 0 Å². The predicted octanol–water partition coefficient (Wildman–Crippen LogP) is 0.256. The van der Waals surface area contributed by atoms with Crippen molar-refractivity contribution in [3.8, 4) is 0 Å². The van der Waals surface area contributed by atoms with Crippen LogP contribution in [-0.4, -0.2) is 17.9 Å². The van der Waals surface area contributed by atoms with Crippen molar-refractivity contribution in [3.63, 3.8) is 0 Å². The molecule has 4 heteroatoms. The standard InChI is InChI=1S/C7H10N2OS/c1-7-2-3-11-6(7)9-4-8-5(7)10/h2-3,6,9H,4H2,1H3,(H,8,10). The largest absolute Gasteiger partial charge is 0.343 e. The van der Waals surface area contributed by atoms with E-state index < -0.39 is 0 Å². The van der Waals surface area contributed by atoms with Crippen molar-refractivity contribution in [1.29, 1.82) is 0 Å². The Labute approximate surface area is 69.6 Å². The Morgan fingerprint density at radius 1 is 1.82 bits per heavy atom. The zero-order chi connectivity index (χ0) is 7.90. The quantitative estimate of drug-likeness (QED) is 0.548. The molecule has 0 aromatic heterocycles. The van der Waals surface area contributed by atoms with E-state index in [-0.39, 0.29) is 16.7 Å². The summed E-state index contributed by atoms with van der Waals surface area (Å²) in [5.41, 5.74) is -0.330. The number of carbonyl (C=O) groups excluding carboxylic acids is 1. The summed E-state index contributed by atoms with van der Waals surface area (Å²) in [4.78, 5) is 11.4. The van der Waals surface area contributed by atoms with E-state index in [1.165, 1.54) is 0 Å². The van der Waals surface area contributed by atoms with Crippen molar-refractivity contribution in [1.82, 2.24) is 10.6 Å². The Bertz CT molecular complexity index is 228. The molecule has 2 N–H and O–H groups in total. The van der Waals surface area contributed by atoms with Gasteiger partial charge in [0.2, 0.25) is 5.91 Å². The van der Waals surface area contributed by atoms with Crippen LogP contribution in [0.3, 0.4) is 0 Å². The minimum absolute atomic E-state index is 0.127. The lowest BCUT2D eigenvalue weighted by molar-refractivity contribution is -0.129. The average molecular weight is 170 g/mol. The molecule has 0 bridgehead atoms. The summed E-state index contributed by atoms with van der Waals surface area (Å²) in [5.74, 6) is 0.127. The number of rotatable bonds is 0. The smallest absolute Gasteiger partial charge is 0.233 e. The van der Waals surface area contributed by atoms with Gasteiger partial charge >= 0.3 is 0 Å². The van der Waals surface area contributed by atoms with Crippen LogP contribution in [0.5, 0.6) is 0 Å². The van der Waals surface area contributed by atoms with Crippen LogP contribution in [0.15, 0.2) is 11.5 Å². The number of hydrogen-bond donors (Lipinski definition) is 2. The minimum Gasteiger partial charge on any atom is -0.343 e. The lowest BCUT2D eigenvalue weighted by Gasteiger charge is -2.34. The van der Waals surface area contributed by atoms with Gasteiger partial charge in [0.25, 0.3) is 0 Å². The van der Waals surface area contributed by atoms with Crippen LogP contribution in [-0.2, 0) is 4.79 Å². The van der Waals surface area contributed by atoms with E-state index in [2.05, 4.69) is 10.6 Å². The third-order valence-electron chi connectivity index (χ3n) is 2.20. The molecule has 2 unspecified atom stereocenters. The van der Waals surface area contributed by atoms with E-state index >= 15 is 0 Å². The fourth-order valence-electron chi connectivity index (χ4n) is 1.36. The molecule has 0 aliphatic carbocycles. The second kappa shape index (κ2) is 2.25. The maximum absolute atomic E-state index is 11.4. The number of hydrogen-bond acceptors (Lipinski definition) is 3. The Kier molecular flexibility index (Phi) is 1.47. The molecule has 0 radical (unpaired) electrons. The molecule has 2 rings (SSSR count). The first-order chi connectivity index (χ1) is 5.23. The van der Waals surface area contributed by atoms with E-state index in [4.69, 9.17) is 0 Å². The SMILES string of the molecule is CC12C=CSC1NCNC2=O. The monoisotopic (exact) mass is 170 g/mol. The zero-order valence-corrected chi connectivity index (χ0v) is 7.07. The van der Waals surface area contributed by atoms with Gasteiger partial charge in [0.1, 0.15) is 0 Å². The Morgan fingerprint density at radius 3 is 3.36 bits per heavy atom. The Morgan fingerprint density at radius 2 is 2.64 bits per heavy atom. The van der Waals surface area contributed by atoms with Crippen LogP contribution in [0.1, 0.15) is 6.92 Å². The van der Waals surface area contributed by atoms with Gasteiger partial charge in [-0.25, -0.2) is 0 Å². The predicted molar refractivity (Wildman–Crippen MR) is 44.8 cm³/mol. The fraction of sp³-hybridized carbons (Fsp3) is 0.571. The summed E-state index contributed by atoms with van der Waals surface area (Å²) in [5, 5.41) is 8.22. The van der Waals surface area contributed by atoms with Gasteiger partial charge in [-0.05, 0) is 12.3 Å². The van der Waals surface area contributed by atoms with E-state index in [9.17, 15) is 4.79 Å². The highest BCUT2D eigenvalue weighted by Gasteiger charge is 2.44. The highest BCUT2D eigenvalue weighted by atomic mass is 32.2. The molecule has 0 aromatic rings. The molecule has 60 valence electrons. The molecule has 2 aliphatic heterocycles. The van der Waals surface area contributed by atoms with Crippen LogP contribution in [0.25, 0.3) is 0 Å². The minimum atomic E-state index is -0.330. The highest BCUT2D eigenvalue weighted by Crippen LogP contribution is 2.39. The lowest BCUT2D eigenvalue weighted by Crippen LogP contribution is -2.57. The molecular formula is C7H10N2OS. The molecule has 2 aliphatic rings. The first-order valence-electron chi connectivity index (χ1n) is 3.58. The number of amides is 1. The summed E-state index contributed by atoms with van der Waals surface area (Å²) < 4.78 is 0. The lowest BCUT2D eigenvalue weighted by atomic mass is 9.88. The van der Waals surface area contributed by atoms with E-state index in [1.807, 2.05) is 18.4 Å². The third-order valence-corrected chi connectivity index (χ3v) is 3.42. The molecule has 2 atom stereocenters. The van der Waals surface area contributed by atoms with Gasteiger partial charge in [0, 0.05) is 0 Å². The van der Waals surface area contributed by atoms with Crippen LogP contribution in [0, 0.1) is 5.41 Å². The number of fused-ring (bicyclic) bond motifs is 1. The van der Waals surface area contributed by atoms with Gasteiger partial charge in [-0.2, -0.15) is 0 Å². The fourth-order valence-corrected chi connectivity index (χ4v) is 2.52. The highest BCUT2D eigenvalue weighted by molar-refractivity contribution is 8.03. The molecular weight excluding hydrogens is 160 g/mol. The summed E-state index contributed by atoms with van der Waals surface area (Å²) in [6, 6.07) is 0. The molecule has 0 aromatic carbocycles. The van der Waals surface area contributed by atoms with E-state index in [1.54, 1.807) is 11.8 Å². The van der Waals surface area contributed by atoms with E-state index in [0.717, 1.165) is 0 Å². The molecule has 2 heterocycles. The second-order valence-corrected chi connectivity index (χ2v) is 4.00. The maximum atomic E-state index is 11.4. The van der Waals surface area contributed by atoms with Crippen LogP contribution < -0.4 is 10.6 Å². The van der Waals surface area contributed by atoms with Gasteiger partial charge in [-0.1, -0.05) is 6.08 Å². The van der Waals surface area contributed by atoms with E-state index in [0.29, 0.717) is 6.67 Å². The first-order valence-corrected chi connectivity index (χ1v) is 4.52. The van der Waals surface area contributed by atoms with Crippen molar-refractivity contribution in [3.05, 3.63) is 11.5 Å². The van der Waals surface area contributed by atoms with Crippen LogP contribution >= 0.6 is 11.8 Å². The van der Waals surface area contributed by atoms with Crippen molar-refractivity contribution < 1.29 is 4.79 Å². The number of thioether (sulfide) groups is 1. The van der Waals surface area contributed by atoms with Gasteiger partial charge in [-0.3, -0.25) is 10.1 Å². The maximum Gasteiger partial charge on any atom is 0.233 e. The van der Waals surface area contributed by atoms with Gasteiger partial charge in [-0.15, -0.1) is 11.8 Å². The molecule has 1 saturated heterocycles. The van der Waals surface area contributed by atoms with Crippen molar-refractivity contribution in [2.75, 3.05) is 6.67 Å². The summed E-state index contributed by atoms with van der Waals surface area (Å²) in [6.45, 7) is 2.55. The molecule has 1 amide bonds. The Balaban J connectivity index is 2.30. The molecule has 3 nitrogen and oxygen atoms in total. The Hall–Kier alpha value is -0.480. The third kappa shape index (κ3) is 0.895. The second-order valence-electron chi connectivity index (χ2n) is 2.99. The summed E-state index contributed by atoms with van der Waals surface area (Å²) in [7, 11) is 0. The first kappa shape index (κ1) is 7.18. The topological polar surface area (TPSA) is 41.1 Å². The zero-order valence-electron chi connectivity index (χ0n) is 6.26.